The van der Waals surface area contributed by atoms with Crippen molar-refractivity contribution in [2.45, 2.75) is 46.3 Å². The minimum atomic E-state index is -0.261. The van der Waals surface area contributed by atoms with Gasteiger partial charge < -0.3 is 5.11 Å². The first-order valence-electron chi connectivity index (χ1n) is 4.82. The zero-order chi connectivity index (χ0) is 9.84. The van der Waals surface area contributed by atoms with E-state index in [1.807, 2.05) is 24.6 Å². The predicted octanol–water partition coefficient (Wildman–Crippen LogP) is 1.66. The van der Waals surface area contributed by atoms with Crippen molar-refractivity contribution in [1.82, 2.24) is 9.78 Å². The average molecular weight is 182 g/mol. The van der Waals surface area contributed by atoms with Gasteiger partial charge in [-0.3, -0.25) is 4.68 Å². The molecule has 1 aromatic heterocycles. The summed E-state index contributed by atoms with van der Waals surface area (Å²) in [5, 5.41) is 13.9. The molecule has 0 aliphatic carbocycles. The van der Waals surface area contributed by atoms with E-state index < -0.39 is 0 Å². The minimum absolute atomic E-state index is 0.261. The first-order chi connectivity index (χ1) is 6.13. The zero-order valence-corrected chi connectivity index (χ0v) is 8.62. The van der Waals surface area contributed by atoms with Gasteiger partial charge in [0.15, 0.2) is 0 Å². The Kier molecular flexibility index (Phi) is 3.48. The standard InChI is InChI=1S/C10H18N2O/c1-4-5-10(13)7-12-9(3)6-8(2)11-12/h6,10,13H,4-5,7H2,1-3H3. The lowest BCUT2D eigenvalue weighted by molar-refractivity contribution is 0.138. The summed E-state index contributed by atoms with van der Waals surface area (Å²) < 4.78 is 1.87. The molecule has 0 aromatic carbocycles. The number of hydrogen-bond donors (Lipinski definition) is 1. The molecular weight excluding hydrogens is 164 g/mol. The van der Waals surface area contributed by atoms with Crippen LogP contribution in [0.5, 0.6) is 0 Å². The maximum absolute atomic E-state index is 9.58. The van der Waals surface area contributed by atoms with Crippen molar-refractivity contribution in [3.63, 3.8) is 0 Å². The highest BCUT2D eigenvalue weighted by atomic mass is 16.3. The molecule has 1 N–H and O–H groups in total. The van der Waals surface area contributed by atoms with E-state index in [2.05, 4.69) is 12.0 Å². The number of rotatable bonds is 4. The third kappa shape index (κ3) is 2.84. The Morgan fingerprint density at radius 1 is 1.54 bits per heavy atom. The van der Waals surface area contributed by atoms with Crippen LogP contribution in [-0.4, -0.2) is 21.0 Å². The fraction of sp³-hybridized carbons (Fsp3) is 0.700. The Balaban J connectivity index is 2.57. The van der Waals surface area contributed by atoms with Crippen molar-refractivity contribution in [3.8, 4) is 0 Å². The first-order valence-corrected chi connectivity index (χ1v) is 4.82. The Morgan fingerprint density at radius 3 is 2.69 bits per heavy atom. The molecule has 0 bridgehead atoms. The summed E-state index contributed by atoms with van der Waals surface area (Å²) in [5.41, 5.74) is 2.13. The van der Waals surface area contributed by atoms with Crippen LogP contribution >= 0.6 is 0 Å². The fourth-order valence-electron chi connectivity index (χ4n) is 1.48. The summed E-state index contributed by atoms with van der Waals surface area (Å²) in [6, 6.07) is 2.03. The summed E-state index contributed by atoms with van der Waals surface area (Å²) in [5.74, 6) is 0. The van der Waals surface area contributed by atoms with E-state index in [0.717, 1.165) is 24.2 Å². The van der Waals surface area contributed by atoms with Crippen molar-refractivity contribution in [3.05, 3.63) is 17.5 Å². The Hall–Kier alpha value is -0.830. The molecule has 1 atom stereocenters. The molecule has 0 saturated heterocycles. The van der Waals surface area contributed by atoms with E-state index in [0.29, 0.717) is 6.54 Å². The van der Waals surface area contributed by atoms with Gasteiger partial charge in [-0.25, -0.2) is 0 Å². The molecule has 0 amide bonds. The summed E-state index contributed by atoms with van der Waals surface area (Å²) in [6.45, 7) is 6.67. The summed E-state index contributed by atoms with van der Waals surface area (Å²) in [6.07, 6.45) is 1.60. The molecule has 0 radical (unpaired) electrons. The normalized spacial score (nSPS) is 13.2. The first kappa shape index (κ1) is 10.3. The average Bonchev–Trinajstić information content (AvgIpc) is 2.30. The van der Waals surface area contributed by atoms with Crippen LogP contribution in [0.2, 0.25) is 0 Å². The Bertz CT molecular complexity index is 268. The van der Waals surface area contributed by atoms with Gasteiger partial charge in [0.1, 0.15) is 0 Å². The maximum atomic E-state index is 9.58. The molecule has 0 aliphatic heterocycles. The number of aromatic nitrogens is 2. The van der Waals surface area contributed by atoms with E-state index in [4.69, 9.17) is 0 Å². The smallest absolute Gasteiger partial charge is 0.0736 e. The van der Waals surface area contributed by atoms with Crippen LogP contribution in [0.15, 0.2) is 6.07 Å². The van der Waals surface area contributed by atoms with Gasteiger partial charge in [0.25, 0.3) is 0 Å². The van der Waals surface area contributed by atoms with Crippen LogP contribution in [0.3, 0.4) is 0 Å². The van der Waals surface area contributed by atoms with Crippen molar-refractivity contribution in [2.75, 3.05) is 0 Å². The number of aryl methyl sites for hydroxylation is 2. The number of aliphatic hydroxyl groups excluding tert-OH is 1. The molecule has 1 rings (SSSR count). The molecule has 1 aromatic rings. The van der Waals surface area contributed by atoms with Gasteiger partial charge in [-0.1, -0.05) is 13.3 Å². The lowest BCUT2D eigenvalue weighted by Crippen LogP contribution is -2.17. The quantitative estimate of drug-likeness (QED) is 0.769. The molecule has 0 aliphatic rings. The number of aliphatic hydroxyl groups is 1. The van der Waals surface area contributed by atoms with E-state index >= 15 is 0 Å². The molecular formula is C10H18N2O. The molecule has 3 heteroatoms. The van der Waals surface area contributed by atoms with Crippen molar-refractivity contribution in [2.24, 2.45) is 0 Å². The van der Waals surface area contributed by atoms with Crippen LogP contribution in [0.25, 0.3) is 0 Å². The van der Waals surface area contributed by atoms with Gasteiger partial charge in [-0.05, 0) is 26.3 Å². The molecule has 0 fully saturated rings. The summed E-state index contributed by atoms with van der Waals surface area (Å²) >= 11 is 0. The van der Waals surface area contributed by atoms with Crippen LogP contribution in [0, 0.1) is 13.8 Å². The number of hydrogen-bond acceptors (Lipinski definition) is 2. The van der Waals surface area contributed by atoms with Crippen LogP contribution < -0.4 is 0 Å². The van der Waals surface area contributed by atoms with Crippen LogP contribution in [-0.2, 0) is 6.54 Å². The second kappa shape index (κ2) is 4.42. The lowest BCUT2D eigenvalue weighted by Gasteiger charge is -2.10. The molecule has 13 heavy (non-hydrogen) atoms. The molecule has 1 unspecified atom stereocenters. The Morgan fingerprint density at radius 2 is 2.23 bits per heavy atom. The van der Waals surface area contributed by atoms with Gasteiger partial charge in [0.2, 0.25) is 0 Å². The molecule has 0 saturated carbocycles. The van der Waals surface area contributed by atoms with Crippen molar-refractivity contribution >= 4 is 0 Å². The highest BCUT2D eigenvalue weighted by Crippen LogP contribution is 2.05. The third-order valence-electron chi connectivity index (χ3n) is 2.11. The van der Waals surface area contributed by atoms with E-state index in [1.165, 1.54) is 0 Å². The topological polar surface area (TPSA) is 38.0 Å². The highest BCUT2D eigenvalue weighted by molar-refractivity contribution is 5.06. The minimum Gasteiger partial charge on any atom is -0.391 e. The van der Waals surface area contributed by atoms with E-state index in [9.17, 15) is 5.11 Å². The lowest BCUT2D eigenvalue weighted by atomic mass is 10.2. The number of nitrogens with zero attached hydrogens (tertiary/aromatic N) is 2. The summed E-state index contributed by atoms with van der Waals surface area (Å²) in [4.78, 5) is 0. The molecule has 0 spiro atoms. The van der Waals surface area contributed by atoms with Gasteiger partial charge in [0, 0.05) is 5.69 Å². The summed E-state index contributed by atoms with van der Waals surface area (Å²) in [7, 11) is 0. The van der Waals surface area contributed by atoms with Crippen LogP contribution in [0.4, 0.5) is 0 Å². The SMILES string of the molecule is CCCC(O)Cn1nc(C)cc1C. The zero-order valence-electron chi connectivity index (χ0n) is 8.62. The van der Waals surface area contributed by atoms with Crippen molar-refractivity contribution < 1.29 is 5.11 Å². The second-order valence-corrected chi connectivity index (χ2v) is 3.55. The van der Waals surface area contributed by atoms with Gasteiger partial charge >= 0.3 is 0 Å². The Labute approximate surface area is 79.4 Å². The van der Waals surface area contributed by atoms with Gasteiger partial charge in [-0.2, -0.15) is 5.10 Å². The van der Waals surface area contributed by atoms with E-state index in [1.54, 1.807) is 0 Å². The predicted molar refractivity (Wildman–Crippen MR) is 52.6 cm³/mol. The largest absolute Gasteiger partial charge is 0.391 e. The van der Waals surface area contributed by atoms with Gasteiger partial charge in [0.05, 0.1) is 18.3 Å². The molecule has 3 nitrogen and oxygen atoms in total. The molecule has 1 heterocycles. The molecule has 74 valence electrons. The maximum Gasteiger partial charge on any atom is 0.0736 e. The van der Waals surface area contributed by atoms with Crippen molar-refractivity contribution in [1.29, 1.82) is 0 Å². The van der Waals surface area contributed by atoms with E-state index in [-0.39, 0.29) is 6.10 Å². The highest BCUT2D eigenvalue weighted by Gasteiger charge is 2.06. The third-order valence-corrected chi connectivity index (χ3v) is 2.11. The van der Waals surface area contributed by atoms with Gasteiger partial charge in [-0.15, -0.1) is 0 Å². The van der Waals surface area contributed by atoms with Crippen LogP contribution in [0.1, 0.15) is 31.2 Å². The second-order valence-electron chi connectivity index (χ2n) is 3.55. The monoisotopic (exact) mass is 182 g/mol. The fourth-order valence-corrected chi connectivity index (χ4v) is 1.48.